The number of carbonyl (C=O) groups excluding carboxylic acids is 2. The molecule has 6 nitrogen and oxygen atoms in total. The van der Waals surface area contributed by atoms with E-state index in [1.165, 1.54) is 26.4 Å². The number of benzene rings is 1. The van der Waals surface area contributed by atoms with Gasteiger partial charge >= 0.3 is 0 Å². The third-order valence-corrected chi connectivity index (χ3v) is 5.78. The third-order valence-electron chi connectivity index (χ3n) is 5.78. The molecule has 2 fully saturated rings. The molecule has 1 saturated carbocycles. The van der Waals surface area contributed by atoms with E-state index in [-0.39, 0.29) is 12.5 Å². The van der Waals surface area contributed by atoms with Gasteiger partial charge in [-0.3, -0.25) is 9.59 Å². The monoisotopic (exact) mass is 360 g/mol. The molecule has 0 bridgehead atoms. The molecular formula is C20H28N2O4. The quantitative estimate of drug-likeness (QED) is 0.875. The summed E-state index contributed by atoms with van der Waals surface area (Å²) in [5.74, 6) is 1.63. The van der Waals surface area contributed by atoms with Crippen LogP contribution in [-0.2, 0) is 4.79 Å². The number of piperidine rings is 1. The standard InChI is InChI=1S/C20H28N2O4/c1-13-9-10-22(16-6-4-3-5-15(13)16)20(24)14-7-8-17(18(11-14)25-2)26-12-19(21)23/h7-8,11,13,15-16H,3-6,9-10,12H2,1-2H3,(H2,21,23)/t13-,15-,16+/m0/s1. The van der Waals surface area contributed by atoms with Crippen molar-refractivity contribution in [3.05, 3.63) is 23.8 Å². The van der Waals surface area contributed by atoms with Crippen LogP contribution in [0.5, 0.6) is 11.5 Å². The SMILES string of the molecule is COc1cc(C(=O)N2CC[C@H](C)[C@@H]3CCCC[C@H]32)ccc1OCC(N)=O. The number of hydrogen-bond donors (Lipinski definition) is 1. The van der Waals surface area contributed by atoms with Gasteiger partial charge in [0.15, 0.2) is 18.1 Å². The zero-order valence-corrected chi connectivity index (χ0v) is 15.6. The predicted octanol–water partition coefficient (Wildman–Crippen LogP) is 2.60. The van der Waals surface area contributed by atoms with Crippen LogP contribution in [-0.4, -0.2) is 43.0 Å². The lowest BCUT2D eigenvalue weighted by Gasteiger charge is -2.47. The Hall–Kier alpha value is -2.24. The highest BCUT2D eigenvalue weighted by Gasteiger charge is 2.39. The number of amides is 2. The summed E-state index contributed by atoms with van der Waals surface area (Å²) in [6.07, 6.45) is 5.84. The second-order valence-corrected chi connectivity index (χ2v) is 7.40. The maximum Gasteiger partial charge on any atom is 0.255 e. The minimum absolute atomic E-state index is 0.0496. The average molecular weight is 360 g/mol. The van der Waals surface area contributed by atoms with Crippen LogP contribution >= 0.6 is 0 Å². The largest absolute Gasteiger partial charge is 0.493 e. The van der Waals surface area contributed by atoms with Crippen molar-refractivity contribution in [1.82, 2.24) is 4.90 Å². The maximum atomic E-state index is 13.2. The number of rotatable bonds is 5. The van der Waals surface area contributed by atoms with E-state index in [1.807, 2.05) is 0 Å². The van der Waals surface area contributed by atoms with E-state index in [1.54, 1.807) is 18.2 Å². The van der Waals surface area contributed by atoms with E-state index >= 15 is 0 Å². The van der Waals surface area contributed by atoms with Gasteiger partial charge in [0.1, 0.15) is 0 Å². The molecule has 1 saturated heterocycles. The van der Waals surface area contributed by atoms with Gasteiger partial charge in [0.2, 0.25) is 0 Å². The number of fused-ring (bicyclic) bond motifs is 1. The van der Waals surface area contributed by atoms with Crippen LogP contribution in [0.3, 0.4) is 0 Å². The van der Waals surface area contributed by atoms with Crippen molar-refractivity contribution < 1.29 is 19.1 Å². The Morgan fingerprint density at radius 3 is 2.69 bits per heavy atom. The number of carbonyl (C=O) groups is 2. The Bertz CT molecular complexity index is 676. The maximum absolute atomic E-state index is 13.2. The fraction of sp³-hybridized carbons (Fsp3) is 0.600. The van der Waals surface area contributed by atoms with E-state index in [2.05, 4.69) is 11.8 Å². The smallest absolute Gasteiger partial charge is 0.255 e. The van der Waals surface area contributed by atoms with Crippen LogP contribution in [0.4, 0.5) is 0 Å². The molecule has 0 aromatic heterocycles. The summed E-state index contributed by atoms with van der Waals surface area (Å²) in [6, 6.07) is 5.43. The van der Waals surface area contributed by atoms with Crippen LogP contribution in [0.1, 0.15) is 49.4 Å². The number of primary amides is 1. The van der Waals surface area contributed by atoms with Gasteiger partial charge in [0, 0.05) is 18.2 Å². The zero-order valence-electron chi connectivity index (χ0n) is 15.6. The van der Waals surface area contributed by atoms with E-state index < -0.39 is 5.91 Å². The first-order chi connectivity index (χ1) is 12.5. The predicted molar refractivity (Wildman–Crippen MR) is 98.2 cm³/mol. The Morgan fingerprint density at radius 1 is 1.19 bits per heavy atom. The lowest BCUT2D eigenvalue weighted by atomic mass is 9.72. The highest BCUT2D eigenvalue weighted by Crippen LogP contribution is 2.39. The summed E-state index contributed by atoms with van der Waals surface area (Å²) in [5.41, 5.74) is 5.71. The molecule has 3 atom stereocenters. The second kappa shape index (κ2) is 7.98. The van der Waals surface area contributed by atoms with Crippen LogP contribution < -0.4 is 15.2 Å². The molecule has 2 aliphatic rings. The topological polar surface area (TPSA) is 81.9 Å². The lowest BCUT2D eigenvalue weighted by molar-refractivity contribution is -0.119. The zero-order chi connectivity index (χ0) is 18.7. The highest BCUT2D eigenvalue weighted by atomic mass is 16.5. The number of hydrogen-bond acceptors (Lipinski definition) is 4. The molecule has 2 N–H and O–H groups in total. The molecule has 3 rings (SSSR count). The number of nitrogens with two attached hydrogens (primary N) is 1. The van der Waals surface area contributed by atoms with Crippen molar-refractivity contribution in [3.8, 4) is 11.5 Å². The molecule has 1 aromatic rings. The summed E-state index contributed by atoms with van der Waals surface area (Å²) >= 11 is 0. The summed E-state index contributed by atoms with van der Waals surface area (Å²) in [4.78, 5) is 26.1. The molecule has 1 aliphatic carbocycles. The molecule has 0 radical (unpaired) electrons. The van der Waals surface area contributed by atoms with Crippen molar-refractivity contribution in [1.29, 1.82) is 0 Å². The molecule has 2 amide bonds. The first kappa shape index (κ1) is 18.5. The van der Waals surface area contributed by atoms with Gasteiger partial charge in [-0.05, 0) is 49.3 Å². The molecule has 1 aromatic carbocycles. The summed E-state index contributed by atoms with van der Waals surface area (Å²) in [6.45, 7) is 2.90. The summed E-state index contributed by atoms with van der Waals surface area (Å²) in [7, 11) is 1.51. The minimum atomic E-state index is -0.557. The van der Waals surface area contributed by atoms with Crippen molar-refractivity contribution in [2.75, 3.05) is 20.3 Å². The van der Waals surface area contributed by atoms with Crippen LogP contribution in [0.2, 0.25) is 0 Å². The number of likely N-dealkylation sites (tertiary alicyclic amines) is 1. The number of ether oxygens (including phenoxy) is 2. The minimum Gasteiger partial charge on any atom is -0.493 e. The summed E-state index contributed by atoms with van der Waals surface area (Å²) in [5, 5.41) is 0. The molecule has 6 heteroatoms. The van der Waals surface area contributed by atoms with Crippen LogP contribution in [0.25, 0.3) is 0 Å². The van der Waals surface area contributed by atoms with E-state index in [0.717, 1.165) is 19.4 Å². The normalized spacial score (nSPS) is 25.3. The van der Waals surface area contributed by atoms with Gasteiger partial charge in [-0.15, -0.1) is 0 Å². The molecule has 0 spiro atoms. The first-order valence-corrected chi connectivity index (χ1v) is 9.41. The average Bonchev–Trinajstić information content (AvgIpc) is 2.66. The fourth-order valence-electron chi connectivity index (χ4n) is 4.40. The van der Waals surface area contributed by atoms with E-state index in [4.69, 9.17) is 15.2 Å². The molecule has 142 valence electrons. The van der Waals surface area contributed by atoms with E-state index in [9.17, 15) is 9.59 Å². The van der Waals surface area contributed by atoms with Crippen molar-refractivity contribution in [2.24, 2.45) is 17.6 Å². The lowest BCUT2D eigenvalue weighted by Crippen LogP contribution is -2.52. The first-order valence-electron chi connectivity index (χ1n) is 9.41. The number of nitrogens with zero attached hydrogens (tertiary/aromatic N) is 1. The Morgan fingerprint density at radius 2 is 1.96 bits per heavy atom. The van der Waals surface area contributed by atoms with E-state index in [0.29, 0.717) is 34.9 Å². The molecular weight excluding hydrogens is 332 g/mol. The van der Waals surface area contributed by atoms with Crippen molar-refractivity contribution >= 4 is 11.8 Å². The van der Waals surface area contributed by atoms with Crippen LogP contribution in [0.15, 0.2) is 18.2 Å². The number of methoxy groups -OCH3 is 1. The second-order valence-electron chi connectivity index (χ2n) is 7.40. The Labute approximate surface area is 154 Å². The molecule has 26 heavy (non-hydrogen) atoms. The van der Waals surface area contributed by atoms with Gasteiger partial charge in [-0.2, -0.15) is 0 Å². The third kappa shape index (κ3) is 3.79. The van der Waals surface area contributed by atoms with Gasteiger partial charge < -0.3 is 20.1 Å². The molecule has 1 aliphatic heterocycles. The highest BCUT2D eigenvalue weighted by molar-refractivity contribution is 5.95. The Balaban J connectivity index is 1.79. The van der Waals surface area contributed by atoms with Crippen molar-refractivity contribution in [2.45, 2.75) is 45.1 Å². The van der Waals surface area contributed by atoms with Gasteiger partial charge in [-0.1, -0.05) is 19.8 Å². The Kier molecular flexibility index (Phi) is 5.69. The van der Waals surface area contributed by atoms with Gasteiger partial charge in [0.05, 0.1) is 7.11 Å². The molecule has 1 heterocycles. The summed E-state index contributed by atoms with van der Waals surface area (Å²) < 4.78 is 10.7. The van der Waals surface area contributed by atoms with Crippen LogP contribution in [0, 0.1) is 11.8 Å². The van der Waals surface area contributed by atoms with Crippen molar-refractivity contribution in [3.63, 3.8) is 0 Å². The van der Waals surface area contributed by atoms with Gasteiger partial charge in [-0.25, -0.2) is 0 Å². The molecule has 0 unspecified atom stereocenters. The fourth-order valence-corrected chi connectivity index (χ4v) is 4.40. The van der Waals surface area contributed by atoms with Gasteiger partial charge in [0.25, 0.3) is 11.8 Å².